The third kappa shape index (κ3) is 2.32. The molecule has 0 aromatic carbocycles. The molecule has 1 N–H and O–H groups in total. The Morgan fingerprint density at radius 2 is 1.94 bits per heavy atom. The molecule has 1 aliphatic carbocycles. The summed E-state index contributed by atoms with van der Waals surface area (Å²) in [5.74, 6) is 3.12. The Kier molecular flexibility index (Phi) is 3.38. The summed E-state index contributed by atoms with van der Waals surface area (Å²) in [6.45, 7) is 9.54. The topological polar surface area (TPSA) is 25.2 Å². The second-order valence-corrected chi connectivity index (χ2v) is 5.04. The fourth-order valence-corrected chi connectivity index (χ4v) is 2.56. The molecule has 2 nitrogen and oxygen atoms in total. The Bertz CT molecular complexity index is 363. The van der Waals surface area contributed by atoms with Crippen LogP contribution in [0, 0.1) is 26.7 Å². The molecule has 2 rings (SSSR count). The molecule has 16 heavy (non-hydrogen) atoms. The van der Waals surface area contributed by atoms with Gasteiger partial charge in [0.2, 0.25) is 0 Å². The summed E-state index contributed by atoms with van der Waals surface area (Å²) in [7, 11) is 0. The molecule has 1 aromatic rings. The second-order valence-electron chi connectivity index (χ2n) is 5.04. The summed E-state index contributed by atoms with van der Waals surface area (Å²) in [5, 5.41) is 3.61. The zero-order valence-electron chi connectivity index (χ0n) is 10.9. The van der Waals surface area contributed by atoms with E-state index in [4.69, 9.17) is 4.42 Å². The van der Waals surface area contributed by atoms with E-state index in [9.17, 15) is 0 Å². The van der Waals surface area contributed by atoms with E-state index in [2.05, 4.69) is 33.0 Å². The van der Waals surface area contributed by atoms with Gasteiger partial charge in [-0.1, -0.05) is 19.8 Å². The zero-order chi connectivity index (χ0) is 11.7. The number of nitrogens with one attached hydrogen (secondary N) is 1. The van der Waals surface area contributed by atoms with E-state index < -0.39 is 0 Å². The Balaban J connectivity index is 2.21. The van der Waals surface area contributed by atoms with Crippen molar-refractivity contribution < 1.29 is 4.42 Å². The average Bonchev–Trinajstić information content (AvgIpc) is 2.97. The summed E-state index contributed by atoms with van der Waals surface area (Å²) >= 11 is 0. The first-order valence-corrected chi connectivity index (χ1v) is 6.43. The molecular formula is C14H23NO. The maximum Gasteiger partial charge on any atom is 0.106 e. The van der Waals surface area contributed by atoms with Crippen molar-refractivity contribution in [1.82, 2.24) is 5.32 Å². The monoisotopic (exact) mass is 221 g/mol. The summed E-state index contributed by atoms with van der Waals surface area (Å²) in [4.78, 5) is 0. The highest BCUT2D eigenvalue weighted by Gasteiger charge is 2.28. The van der Waals surface area contributed by atoms with Crippen LogP contribution < -0.4 is 5.32 Å². The van der Waals surface area contributed by atoms with Gasteiger partial charge in [0.05, 0.1) is 0 Å². The fourth-order valence-electron chi connectivity index (χ4n) is 2.56. The van der Waals surface area contributed by atoms with Crippen molar-refractivity contribution in [3.05, 3.63) is 22.6 Å². The Hall–Kier alpha value is -0.760. The summed E-state index contributed by atoms with van der Waals surface area (Å²) < 4.78 is 5.73. The highest BCUT2D eigenvalue weighted by atomic mass is 16.3. The molecule has 0 bridgehead atoms. The quantitative estimate of drug-likeness (QED) is 0.821. The van der Waals surface area contributed by atoms with Gasteiger partial charge in [0.1, 0.15) is 11.5 Å². The number of hydrogen-bond acceptors (Lipinski definition) is 2. The van der Waals surface area contributed by atoms with E-state index in [1.807, 2.05) is 0 Å². The molecule has 90 valence electrons. The lowest BCUT2D eigenvalue weighted by Gasteiger charge is -2.18. The third-order valence-electron chi connectivity index (χ3n) is 3.68. The molecule has 0 aliphatic heterocycles. The van der Waals surface area contributed by atoms with Crippen molar-refractivity contribution >= 4 is 0 Å². The summed E-state index contributed by atoms with van der Waals surface area (Å²) in [5.41, 5.74) is 2.75. The molecule has 1 fully saturated rings. The van der Waals surface area contributed by atoms with Crippen molar-refractivity contribution in [2.24, 2.45) is 5.92 Å². The molecule has 1 unspecified atom stereocenters. The maximum absolute atomic E-state index is 5.73. The Morgan fingerprint density at radius 1 is 1.25 bits per heavy atom. The first-order chi connectivity index (χ1) is 7.63. The Labute approximate surface area is 98.4 Å². The average molecular weight is 221 g/mol. The molecule has 0 saturated heterocycles. The normalized spacial score (nSPS) is 17.8. The minimum Gasteiger partial charge on any atom is -0.466 e. The first-order valence-electron chi connectivity index (χ1n) is 6.43. The van der Waals surface area contributed by atoms with Crippen LogP contribution in [0.3, 0.4) is 0 Å². The predicted octanol–water partition coefficient (Wildman–Crippen LogP) is 3.66. The summed E-state index contributed by atoms with van der Waals surface area (Å²) in [6, 6.07) is 0.495. The van der Waals surface area contributed by atoms with Crippen LogP contribution in [0.2, 0.25) is 0 Å². The van der Waals surface area contributed by atoms with Gasteiger partial charge in [-0.15, -0.1) is 0 Å². The van der Waals surface area contributed by atoms with Crippen molar-refractivity contribution in [3.63, 3.8) is 0 Å². The molecule has 1 aromatic heterocycles. The second kappa shape index (κ2) is 4.62. The van der Waals surface area contributed by atoms with E-state index in [-0.39, 0.29) is 0 Å². The number of furan rings is 1. The van der Waals surface area contributed by atoms with Crippen molar-refractivity contribution in [1.29, 1.82) is 0 Å². The maximum atomic E-state index is 5.73. The lowest BCUT2D eigenvalue weighted by atomic mass is 9.97. The molecule has 1 heterocycles. The zero-order valence-corrected chi connectivity index (χ0v) is 10.9. The molecule has 2 heteroatoms. The number of rotatable bonds is 5. The van der Waals surface area contributed by atoms with E-state index in [1.165, 1.54) is 30.4 Å². The molecular weight excluding hydrogens is 198 g/mol. The molecule has 1 saturated carbocycles. The van der Waals surface area contributed by atoms with Crippen LogP contribution in [-0.4, -0.2) is 6.54 Å². The smallest absolute Gasteiger partial charge is 0.106 e. The number of hydrogen-bond donors (Lipinski definition) is 1. The van der Waals surface area contributed by atoms with Gasteiger partial charge >= 0.3 is 0 Å². The molecule has 0 amide bonds. The first kappa shape index (κ1) is 11.7. The molecule has 0 spiro atoms. The van der Waals surface area contributed by atoms with Crippen LogP contribution in [0.15, 0.2) is 4.42 Å². The van der Waals surface area contributed by atoms with E-state index in [1.54, 1.807) is 0 Å². The van der Waals surface area contributed by atoms with Crippen molar-refractivity contribution in [3.8, 4) is 0 Å². The molecule has 0 radical (unpaired) electrons. The third-order valence-corrected chi connectivity index (χ3v) is 3.68. The standard InChI is InChI=1S/C14H23NO/c1-5-15-13(8-12-6-7-12)14-9(2)10(3)16-11(14)4/h12-13,15H,5-8H2,1-4H3. The van der Waals surface area contributed by atoms with Gasteiger partial charge in [0.25, 0.3) is 0 Å². The fraction of sp³-hybridized carbons (Fsp3) is 0.714. The van der Waals surface area contributed by atoms with Crippen LogP contribution in [-0.2, 0) is 0 Å². The van der Waals surface area contributed by atoms with E-state index >= 15 is 0 Å². The minimum absolute atomic E-state index is 0.495. The van der Waals surface area contributed by atoms with E-state index in [0.29, 0.717) is 6.04 Å². The van der Waals surface area contributed by atoms with Crippen LogP contribution in [0.4, 0.5) is 0 Å². The SMILES string of the molecule is CCNC(CC1CC1)c1c(C)oc(C)c1C. The van der Waals surface area contributed by atoms with Crippen molar-refractivity contribution in [2.75, 3.05) is 6.54 Å². The Morgan fingerprint density at radius 3 is 2.38 bits per heavy atom. The van der Waals surface area contributed by atoms with Gasteiger partial charge < -0.3 is 9.73 Å². The van der Waals surface area contributed by atoms with Gasteiger partial charge in [0, 0.05) is 11.6 Å². The van der Waals surface area contributed by atoms with Crippen LogP contribution >= 0.6 is 0 Å². The van der Waals surface area contributed by atoms with Gasteiger partial charge in [0.15, 0.2) is 0 Å². The van der Waals surface area contributed by atoms with Gasteiger partial charge in [-0.25, -0.2) is 0 Å². The minimum atomic E-state index is 0.495. The largest absolute Gasteiger partial charge is 0.466 e. The molecule has 1 aliphatic rings. The summed E-state index contributed by atoms with van der Waals surface area (Å²) in [6.07, 6.45) is 4.10. The lowest BCUT2D eigenvalue weighted by Crippen LogP contribution is -2.22. The van der Waals surface area contributed by atoms with Gasteiger partial charge in [-0.2, -0.15) is 0 Å². The predicted molar refractivity (Wildman–Crippen MR) is 66.7 cm³/mol. The van der Waals surface area contributed by atoms with Crippen molar-refractivity contribution in [2.45, 2.75) is 53.0 Å². The van der Waals surface area contributed by atoms with Gasteiger partial charge in [-0.3, -0.25) is 0 Å². The van der Waals surface area contributed by atoms with E-state index in [0.717, 1.165) is 24.0 Å². The van der Waals surface area contributed by atoms with Gasteiger partial charge in [-0.05, 0) is 45.2 Å². The number of aryl methyl sites for hydroxylation is 2. The lowest BCUT2D eigenvalue weighted by molar-refractivity contribution is 0.461. The molecule has 1 atom stereocenters. The highest BCUT2D eigenvalue weighted by Crippen LogP contribution is 2.39. The van der Waals surface area contributed by atoms with Crippen LogP contribution in [0.1, 0.15) is 54.9 Å². The van der Waals surface area contributed by atoms with Crippen LogP contribution in [0.5, 0.6) is 0 Å². The highest BCUT2D eigenvalue weighted by molar-refractivity contribution is 5.34. The van der Waals surface area contributed by atoms with Crippen LogP contribution in [0.25, 0.3) is 0 Å².